The Morgan fingerprint density at radius 3 is 1.71 bits per heavy atom. The highest BCUT2D eigenvalue weighted by Gasteiger charge is 2.33. The standard InChI is InChI=1S/C6H13NO6S.C6H10O5.C6H12O4.3H2O/c8-2-4-1-6(9)5(3-13-4)7-14(10,11)12;7-3-1-5(6(9)10)11-2-4(3)8;7-2-4-1-5(9)6(3-8)10-4;;;/h4-9H,1-3H2,(H,10,11,12);3-5,7-8H,1-2H2,(H,9,10);4-9H,1-3H2;3*1H2/p-2. The van der Waals surface area contributed by atoms with Gasteiger partial charge in [-0.3, -0.25) is 0 Å². The molecule has 0 bridgehead atoms. The number of hydrogen-bond acceptors (Lipinski definition) is 15. The largest absolute Gasteiger partial charge is 0.735 e. The summed E-state index contributed by atoms with van der Waals surface area (Å²) in [6, 6.07) is -0.930. The average molecular weight is 590 g/mol. The van der Waals surface area contributed by atoms with E-state index in [4.69, 9.17) is 40.1 Å². The lowest BCUT2D eigenvalue weighted by Gasteiger charge is -2.33. The summed E-state index contributed by atoms with van der Waals surface area (Å²) >= 11 is 0. The summed E-state index contributed by atoms with van der Waals surface area (Å²) in [7, 11) is -4.58. The number of nitrogens with one attached hydrogen (secondary N) is 1. The van der Waals surface area contributed by atoms with Crippen LogP contribution in [0.1, 0.15) is 19.3 Å². The van der Waals surface area contributed by atoms with Crippen molar-refractivity contribution in [3.8, 4) is 0 Å². The third-order valence-corrected chi connectivity index (χ3v) is 5.89. The van der Waals surface area contributed by atoms with Crippen LogP contribution in [0, 0.1) is 0 Å². The maximum atomic E-state index is 10.3. The van der Waals surface area contributed by atoms with Crippen LogP contribution in [0.25, 0.3) is 0 Å². The first kappa shape index (κ1) is 41.3. The van der Waals surface area contributed by atoms with Crippen molar-refractivity contribution in [2.75, 3.05) is 33.0 Å². The summed E-state index contributed by atoms with van der Waals surface area (Å²) in [6.07, 6.45) is -5.62. The number of carbonyl (C=O) groups is 1. The van der Waals surface area contributed by atoms with Gasteiger partial charge < -0.3 is 80.8 Å². The predicted octanol–water partition coefficient (Wildman–Crippen LogP) is -9.19. The smallest absolute Gasteiger partial charge is 0.159 e. The zero-order valence-corrected chi connectivity index (χ0v) is 21.0. The minimum atomic E-state index is -4.58. The summed E-state index contributed by atoms with van der Waals surface area (Å²) in [5.41, 5.74) is 0. The molecule has 9 atom stereocenters. The van der Waals surface area contributed by atoms with E-state index in [-0.39, 0.29) is 68.4 Å². The quantitative estimate of drug-likeness (QED) is 0.133. The van der Waals surface area contributed by atoms with Crippen LogP contribution in [-0.2, 0) is 29.3 Å². The van der Waals surface area contributed by atoms with Gasteiger partial charge >= 0.3 is 0 Å². The van der Waals surface area contributed by atoms with Crippen LogP contribution in [0.5, 0.6) is 0 Å². The first-order valence-electron chi connectivity index (χ1n) is 10.7. The minimum Gasteiger partial charge on any atom is -0.735 e. The second kappa shape index (κ2) is 19.8. The number of ether oxygens (including phenoxy) is 3. The molecule has 20 heteroatoms. The Morgan fingerprint density at radius 1 is 0.789 bits per heavy atom. The number of aliphatic hydroxyl groups excluding tert-OH is 7. The fourth-order valence-corrected chi connectivity index (χ4v) is 3.90. The first-order chi connectivity index (χ1) is 16.3. The molecule has 9 unspecified atom stereocenters. The van der Waals surface area contributed by atoms with Crippen molar-refractivity contribution in [3.05, 3.63) is 0 Å². The highest BCUT2D eigenvalue weighted by Crippen LogP contribution is 2.19. The van der Waals surface area contributed by atoms with E-state index in [0.717, 1.165) is 0 Å². The highest BCUT2D eigenvalue weighted by molar-refractivity contribution is 7.83. The lowest BCUT2D eigenvalue weighted by molar-refractivity contribution is -0.321. The fourth-order valence-electron chi connectivity index (χ4n) is 3.31. The van der Waals surface area contributed by atoms with Gasteiger partial charge in [-0.2, -0.15) is 0 Å². The molecule has 0 spiro atoms. The maximum absolute atomic E-state index is 10.3. The number of aliphatic carboxylic acids is 1. The van der Waals surface area contributed by atoms with Gasteiger partial charge in [0.1, 0.15) is 12.2 Å². The first-order valence-corrected chi connectivity index (χ1v) is 12.1. The predicted molar refractivity (Wildman–Crippen MR) is 120 cm³/mol. The van der Waals surface area contributed by atoms with E-state index in [1.165, 1.54) is 0 Å². The van der Waals surface area contributed by atoms with Crippen LogP contribution in [0.3, 0.4) is 0 Å². The van der Waals surface area contributed by atoms with Gasteiger partial charge in [0.25, 0.3) is 0 Å². The number of carbonyl (C=O) groups excluding carboxylic acids is 1. The Labute approximate surface area is 218 Å². The molecule has 14 N–H and O–H groups in total. The monoisotopic (exact) mass is 589 g/mol. The Kier molecular flexibility index (Phi) is 21.5. The topological polar surface area (TPSA) is 373 Å². The zero-order chi connectivity index (χ0) is 26.8. The van der Waals surface area contributed by atoms with Gasteiger partial charge in [0.15, 0.2) is 10.3 Å². The lowest BCUT2D eigenvalue weighted by atomic mass is 10.0. The van der Waals surface area contributed by atoms with Crippen LogP contribution >= 0.6 is 0 Å². The molecule has 0 saturated carbocycles. The molecular weight excluding hydrogens is 550 g/mol. The van der Waals surface area contributed by atoms with Crippen LogP contribution in [0.15, 0.2) is 0 Å². The molecule has 0 amide bonds. The molecule has 3 aliphatic rings. The van der Waals surface area contributed by atoms with E-state index in [1.807, 2.05) is 0 Å². The summed E-state index contributed by atoms with van der Waals surface area (Å²) in [5, 5.41) is 72.4. The van der Waals surface area contributed by atoms with Gasteiger partial charge in [0, 0.05) is 19.3 Å². The second-order valence-corrected chi connectivity index (χ2v) is 9.24. The molecule has 3 heterocycles. The summed E-state index contributed by atoms with van der Waals surface area (Å²) in [5.74, 6) is -1.35. The number of carboxylic acids is 1. The van der Waals surface area contributed by atoms with Crippen molar-refractivity contribution in [2.24, 2.45) is 0 Å². The summed E-state index contributed by atoms with van der Waals surface area (Å²) in [4.78, 5) is 10.2. The molecular formula is C18H39NO18S-2. The Morgan fingerprint density at radius 2 is 1.34 bits per heavy atom. The molecule has 3 saturated heterocycles. The van der Waals surface area contributed by atoms with Crippen molar-refractivity contribution in [1.29, 1.82) is 0 Å². The van der Waals surface area contributed by atoms with Crippen molar-refractivity contribution in [3.63, 3.8) is 0 Å². The lowest BCUT2D eigenvalue weighted by Crippen LogP contribution is -2.52. The summed E-state index contributed by atoms with van der Waals surface area (Å²) < 4.78 is 47.3. The van der Waals surface area contributed by atoms with Crippen molar-refractivity contribution in [2.45, 2.75) is 74.1 Å². The van der Waals surface area contributed by atoms with Crippen LogP contribution in [0.4, 0.5) is 0 Å². The molecule has 0 aromatic heterocycles. The fraction of sp³-hybridized carbons (Fsp3) is 0.944. The SMILES string of the molecule is O.O.O.O=C([O-])C1CC(O)C(O)CO1.O=S(=O)([O-])NC1COC(CO)CC1O.OCC1CC(O)C(CO)O1. The minimum absolute atomic E-state index is 0. The molecule has 232 valence electrons. The molecule has 0 aliphatic carbocycles. The molecule has 19 nitrogen and oxygen atoms in total. The van der Waals surface area contributed by atoms with E-state index in [9.17, 15) is 28.0 Å². The van der Waals surface area contributed by atoms with E-state index in [0.29, 0.717) is 6.42 Å². The molecule has 3 rings (SSSR count). The van der Waals surface area contributed by atoms with Gasteiger partial charge in [0.05, 0.1) is 81.7 Å². The third-order valence-electron chi connectivity index (χ3n) is 5.29. The van der Waals surface area contributed by atoms with Crippen molar-refractivity contribution >= 4 is 16.3 Å². The number of carboxylic acid groups (broad SMARTS) is 1. The van der Waals surface area contributed by atoms with Gasteiger partial charge in [-0.25, -0.2) is 13.1 Å². The van der Waals surface area contributed by atoms with E-state index in [2.05, 4.69) is 4.74 Å². The summed E-state index contributed by atoms with van der Waals surface area (Å²) in [6.45, 7) is -0.785. The molecule has 3 aliphatic heterocycles. The van der Waals surface area contributed by atoms with E-state index >= 15 is 0 Å². The van der Waals surface area contributed by atoms with Gasteiger partial charge in [-0.1, -0.05) is 0 Å². The number of rotatable bonds is 6. The zero-order valence-electron chi connectivity index (χ0n) is 20.2. The van der Waals surface area contributed by atoms with Gasteiger partial charge in [-0.05, 0) is 0 Å². The molecule has 0 radical (unpaired) electrons. The van der Waals surface area contributed by atoms with E-state index < -0.39 is 65.0 Å². The van der Waals surface area contributed by atoms with Crippen molar-refractivity contribution in [1.82, 2.24) is 4.72 Å². The third kappa shape index (κ3) is 14.8. The molecule has 38 heavy (non-hydrogen) atoms. The Hall–Kier alpha value is -1.18. The average Bonchev–Trinajstić information content (AvgIpc) is 3.16. The Balaban J connectivity index is -0.000000472. The van der Waals surface area contributed by atoms with E-state index in [1.54, 1.807) is 4.72 Å². The maximum Gasteiger partial charge on any atom is 0.159 e. The Bertz CT molecular complexity index is 728. The van der Waals surface area contributed by atoms with Crippen LogP contribution < -0.4 is 9.83 Å². The van der Waals surface area contributed by atoms with Gasteiger partial charge in [0.2, 0.25) is 0 Å². The number of aliphatic hydroxyl groups is 7. The van der Waals surface area contributed by atoms with Gasteiger partial charge in [-0.15, -0.1) is 0 Å². The highest BCUT2D eigenvalue weighted by atomic mass is 32.2. The molecule has 3 fully saturated rings. The van der Waals surface area contributed by atoms with Crippen LogP contribution in [0.2, 0.25) is 0 Å². The normalized spacial score (nSPS) is 34.5. The molecule has 0 aromatic carbocycles. The second-order valence-electron chi connectivity index (χ2n) is 8.10. The molecule has 0 aromatic rings. The van der Waals surface area contributed by atoms with Crippen LogP contribution in [-0.4, -0.2) is 159 Å². The number of hydrogen-bond donors (Lipinski definition) is 8. The van der Waals surface area contributed by atoms with Crippen molar-refractivity contribution < 1.29 is 89.3 Å².